The van der Waals surface area contributed by atoms with Gasteiger partial charge in [0.2, 0.25) is 0 Å². The molecule has 6 aliphatic carbocycles. The minimum Gasteiger partial charge on any atom is -0.393 e. The van der Waals surface area contributed by atoms with Crippen molar-refractivity contribution in [3.8, 4) is 0 Å². The Morgan fingerprint density at radius 2 is 1.38 bits per heavy atom. The van der Waals surface area contributed by atoms with Gasteiger partial charge in [-0.15, -0.1) is 0 Å². The zero-order chi connectivity index (χ0) is 38.6. The van der Waals surface area contributed by atoms with E-state index in [1.54, 1.807) is 0 Å². The largest absolute Gasteiger partial charge is 0.393 e. The molecule has 0 bridgehead atoms. The molecule has 0 aromatic rings. The fourth-order valence-corrected chi connectivity index (χ4v) is 14.7. The molecule has 6 aliphatic rings. The second-order valence-electron chi connectivity index (χ2n) is 21.0. The van der Waals surface area contributed by atoms with Crippen LogP contribution in [0.2, 0.25) is 0 Å². The maximum absolute atomic E-state index is 11.2. The topological polar surface area (TPSA) is 177 Å². The number of allylic oxidation sites excluding steroid dienone is 2. The van der Waals surface area contributed by atoms with Crippen LogP contribution in [0.15, 0.2) is 12.2 Å². The molecule has 0 heterocycles. The van der Waals surface area contributed by atoms with Crippen LogP contribution in [0.1, 0.15) is 120 Å². The lowest BCUT2D eigenvalue weighted by molar-refractivity contribution is -0.205. The third-order valence-corrected chi connectivity index (χ3v) is 18.6. The van der Waals surface area contributed by atoms with Gasteiger partial charge in [0.1, 0.15) is 36.1 Å². The van der Waals surface area contributed by atoms with Crippen LogP contribution < -0.4 is 5.73 Å². The highest BCUT2D eigenvalue weighted by molar-refractivity contribution is 5.27. The van der Waals surface area contributed by atoms with Gasteiger partial charge >= 0.3 is 0 Å². The van der Waals surface area contributed by atoms with Crippen LogP contribution in [0.5, 0.6) is 0 Å². The van der Waals surface area contributed by atoms with Crippen molar-refractivity contribution in [2.24, 2.45) is 80.2 Å². The van der Waals surface area contributed by atoms with E-state index in [0.29, 0.717) is 46.8 Å². The lowest BCUT2D eigenvalue weighted by atomic mass is 9.33. The molecular weight excluding hydrogens is 658 g/mol. The van der Waals surface area contributed by atoms with Crippen molar-refractivity contribution in [3.05, 3.63) is 12.2 Å². The van der Waals surface area contributed by atoms with Crippen molar-refractivity contribution in [2.75, 3.05) is 13.2 Å². The van der Waals surface area contributed by atoms with Crippen molar-refractivity contribution < 1.29 is 40.5 Å². The van der Waals surface area contributed by atoms with Gasteiger partial charge in [0.25, 0.3) is 0 Å². The lowest BCUT2D eigenvalue weighted by Crippen LogP contribution is -2.65. The lowest BCUT2D eigenvalue weighted by Gasteiger charge is -2.71. The number of ether oxygens (including phenoxy) is 1. The first-order valence-corrected chi connectivity index (χ1v) is 20.8. The Morgan fingerprint density at radius 1 is 0.808 bits per heavy atom. The fourth-order valence-electron chi connectivity index (χ4n) is 14.7. The molecule has 300 valence electrons. The van der Waals surface area contributed by atoms with Gasteiger partial charge in [-0.05, 0) is 132 Å². The highest BCUT2D eigenvalue weighted by atomic mass is 16.5. The summed E-state index contributed by atoms with van der Waals surface area (Å²) in [4.78, 5) is 0. The number of fused-ring (bicyclic) bond motifs is 7. The Kier molecular flexibility index (Phi) is 10.9. The first-order chi connectivity index (χ1) is 24.1. The molecule has 9 heteroatoms. The molecule has 0 aromatic heterocycles. The zero-order valence-electron chi connectivity index (χ0n) is 33.7. The number of hydrogen-bond acceptors (Lipinski definition) is 9. The molecule has 0 aliphatic heterocycles. The van der Waals surface area contributed by atoms with Gasteiger partial charge in [0, 0.05) is 0 Å². The summed E-state index contributed by atoms with van der Waals surface area (Å²) >= 11 is 0. The number of aliphatic hydroxyl groups excluding tert-OH is 6. The van der Waals surface area contributed by atoms with Crippen LogP contribution in [-0.4, -0.2) is 97.2 Å². The van der Waals surface area contributed by atoms with E-state index in [1.165, 1.54) is 51.4 Å². The summed E-state index contributed by atoms with van der Waals surface area (Å²) in [5.41, 5.74) is 5.19. The maximum Gasteiger partial charge on any atom is 0.144 e. The normalized spacial score (nSPS) is 52.5. The zero-order valence-corrected chi connectivity index (χ0v) is 33.7. The second kappa shape index (κ2) is 13.8. The highest BCUT2D eigenvalue weighted by Crippen LogP contribution is 2.77. The quantitative estimate of drug-likeness (QED) is 0.151. The minimum atomic E-state index is -2.22. The van der Waals surface area contributed by atoms with Crippen molar-refractivity contribution in [1.29, 1.82) is 0 Å². The molecule has 0 spiro atoms. The van der Waals surface area contributed by atoms with Gasteiger partial charge in [0.05, 0.1) is 25.4 Å². The summed E-state index contributed by atoms with van der Waals surface area (Å²) in [5.74, 6) is 3.87. The fraction of sp³-hybridized carbons (Fsp3) is 0.953. The third kappa shape index (κ3) is 5.78. The van der Waals surface area contributed by atoms with E-state index in [2.05, 4.69) is 67.5 Å². The van der Waals surface area contributed by atoms with Crippen molar-refractivity contribution in [2.45, 2.75) is 168 Å². The van der Waals surface area contributed by atoms with Crippen LogP contribution in [-0.2, 0) is 4.74 Å². The molecule has 0 amide bonds. The van der Waals surface area contributed by atoms with Crippen molar-refractivity contribution in [1.82, 2.24) is 0 Å². The molecule has 5 saturated carbocycles. The molecule has 52 heavy (non-hydrogen) atoms. The van der Waals surface area contributed by atoms with Gasteiger partial charge in [-0.2, -0.15) is 0 Å². The van der Waals surface area contributed by atoms with E-state index >= 15 is 0 Å². The standard InChI is InChI=1S/C43H75NO8/c1-23(20-24(2)33(47)34(48)28(46)21-52-37-32(44)35(49)36(50)43(37,51)22-45)26-13-17-39(6)27(26)14-18-41(8)30(39)10-11-31-40(7)16-12-25(3)38(4,5)29(40)15-19-42(31,41)9/h10-11,23-37,45-51H,12-22,44H2,1-9H3/t23?,24?,25-,26+,27?,28?,29?,30?,31?,32?,33?,34?,35?,36?,37?,39-,40-,41+,42+,43?/m0/s1. The predicted octanol–water partition coefficient (Wildman–Crippen LogP) is 4.42. The van der Waals surface area contributed by atoms with E-state index < -0.39 is 61.5 Å². The Balaban J connectivity index is 1.11. The molecule has 5 fully saturated rings. The summed E-state index contributed by atoms with van der Waals surface area (Å²) in [6, 6.07) is -1.21. The van der Waals surface area contributed by atoms with Crippen LogP contribution in [0.4, 0.5) is 0 Å². The van der Waals surface area contributed by atoms with Crippen molar-refractivity contribution >= 4 is 0 Å². The molecule has 0 radical (unpaired) electrons. The second-order valence-corrected chi connectivity index (χ2v) is 21.0. The van der Waals surface area contributed by atoms with Gasteiger partial charge in [-0.3, -0.25) is 0 Å². The van der Waals surface area contributed by atoms with Gasteiger partial charge < -0.3 is 46.2 Å². The number of aliphatic hydroxyl groups is 7. The molecule has 9 N–H and O–H groups in total. The number of hydrogen-bond donors (Lipinski definition) is 8. The maximum atomic E-state index is 11.2. The van der Waals surface area contributed by atoms with Gasteiger partial charge in [0.15, 0.2) is 0 Å². The van der Waals surface area contributed by atoms with Crippen molar-refractivity contribution in [3.63, 3.8) is 0 Å². The Hall–Kier alpha value is -0.620. The minimum absolute atomic E-state index is 0.224. The van der Waals surface area contributed by atoms with Crippen LogP contribution >= 0.6 is 0 Å². The van der Waals surface area contributed by atoms with Gasteiger partial charge in [-0.25, -0.2) is 0 Å². The summed E-state index contributed by atoms with van der Waals surface area (Å²) < 4.78 is 5.56. The monoisotopic (exact) mass is 734 g/mol. The van der Waals surface area contributed by atoms with Crippen LogP contribution in [0.3, 0.4) is 0 Å². The number of rotatable bonds is 10. The van der Waals surface area contributed by atoms with E-state index in [-0.39, 0.29) is 22.2 Å². The Bertz CT molecular complexity index is 1330. The molecule has 14 unspecified atom stereocenters. The average Bonchev–Trinajstić information content (AvgIpc) is 3.52. The number of nitrogens with two attached hydrogens (primary N) is 1. The Morgan fingerprint density at radius 3 is 2.00 bits per heavy atom. The first-order valence-electron chi connectivity index (χ1n) is 20.8. The summed E-state index contributed by atoms with van der Waals surface area (Å²) in [7, 11) is 0. The SMILES string of the molecule is CC(CC(C)[C@H]1CC[C@@]2(C)C1CC[C@]1(C)C2C=CC2[C@@]3(C)CC[C@H](C)C(C)(C)C3CC[C@]21C)C(O)C(O)C(O)COC1C(N)C(O)C(O)C1(O)CO. The molecule has 0 aromatic carbocycles. The Labute approximate surface area is 313 Å². The highest BCUT2D eigenvalue weighted by Gasteiger charge is 2.69. The third-order valence-electron chi connectivity index (χ3n) is 18.6. The van der Waals surface area contributed by atoms with E-state index in [1.807, 2.05) is 6.92 Å². The van der Waals surface area contributed by atoms with Crippen LogP contribution in [0, 0.1) is 74.4 Å². The van der Waals surface area contributed by atoms with E-state index in [4.69, 9.17) is 10.5 Å². The molecule has 6 rings (SSSR count). The molecular formula is C43H75NO8. The van der Waals surface area contributed by atoms with E-state index in [9.17, 15) is 35.7 Å². The molecule has 20 atom stereocenters. The first kappa shape index (κ1) is 41.0. The average molecular weight is 734 g/mol. The van der Waals surface area contributed by atoms with Crippen LogP contribution in [0.25, 0.3) is 0 Å². The smallest absolute Gasteiger partial charge is 0.144 e. The summed E-state index contributed by atoms with van der Waals surface area (Å²) in [5, 5.41) is 73.6. The van der Waals surface area contributed by atoms with Gasteiger partial charge in [-0.1, -0.05) is 74.5 Å². The summed E-state index contributed by atoms with van der Waals surface area (Å²) in [6.07, 6.45) is 7.48. The van der Waals surface area contributed by atoms with E-state index in [0.717, 1.165) is 11.8 Å². The summed E-state index contributed by atoms with van der Waals surface area (Å²) in [6.45, 7) is 21.0. The molecule has 0 saturated heterocycles. The predicted molar refractivity (Wildman–Crippen MR) is 202 cm³/mol. The molecule has 9 nitrogen and oxygen atoms in total.